The topological polar surface area (TPSA) is 47.6 Å². The zero-order valence-corrected chi connectivity index (χ0v) is 16.9. The van der Waals surface area contributed by atoms with Crippen molar-refractivity contribution in [2.75, 3.05) is 13.1 Å². The molecule has 104 valence electrons. The van der Waals surface area contributed by atoms with Crippen LogP contribution in [0.1, 0.15) is 68.2 Å². The molecule has 17 heavy (non-hydrogen) atoms. The van der Waals surface area contributed by atoms with Gasteiger partial charge in [0.15, 0.2) is 0 Å². The molecule has 2 nitrogen and oxygen atoms in total. The van der Waals surface area contributed by atoms with Gasteiger partial charge < -0.3 is 23.3 Å². The molecule has 0 bridgehead atoms. The molecule has 0 aromatic carbocycles. The molecule has 0 spiro atoms. The quantitative estimate of drug-likeness (QED) is 0.389. The Morgan fingerprint density at radius 3 is 0.706 bits per heavy atom. The maximum absolute atomic E-state index is 6.45. The molecule has 0 unspecified atom stereocenters. The van der Waals surface area contributed by atoms with Gasteiger partial charge in [-0.1, -0.05) is 26.7 Å². The summed E-state index contributed by atoms with van der Waals surface area (Å²) in [5.41, 5.74) is 12.9. The summed E-state index contributed by atoms with van der Waals surface area (Å²) in [6.45, 7) is 17.6. The third kappa shape index (κ3) is 472. The van der Waals surface area contributed by atoms with E-state index in [1.54, 1.807) is 0 Å². The summed E-state index contributed by atoms with van der Waals surface area (Å²) in [6, 6.07) is 0. The van der Waals surface area contributed by atoms with Gasteiger partial charge in [0.1, 0.15) is 0 Å². The van der Waals surface area contributed by atoms with Crippen molar-refractivity contribution in [3.05, 3.63) is 23.3 Å². The van der Waals surface area contributed by atoms with Crippen LogP contribution >= 0.6 is 0 Å². The molecule has 0 aliphatic carbocycles. The van der Waals surface area contributed by atoms with Crippen molar-refractivity contribution >= 4 is 0 Å². The van der Waals surface area contributed by atoms with Gasteiger partial charge in [-0.2, -0.15) is 54.6 Å². The van der Waals surface area contributed by atoms with Crippen LogP contribution in [0.2, 0.25) is 0 Å². The van der Waals surface area contributed by atoms with Gasteiger partial charge in [-0.25, -0.2) is 0 Å². The number of hydrogen-bond acceptors (Lipinski definition) is 0. The Morgan fingerprint density at radius 2 is 0.706 bits per heavy atom. The van der Waals surface area contributed by atoms with E-state index in [4.69, 9.17) is 11.5 Å². The molecule has 0 aromatic heterocycles. The van der Waals surface area contributed by atoms with Crippen LogP contribution < -0.4 is 0 Å². The first kappa shape index (κ1) is 30.7. The summed E-state index contributed by atoms with van der Waals surface area (Å²) in [4.78, 5) is 0. The fourth-order valence-electron chi connectivity index (χ4n) is 0. The Hall–Kier alpha value is 0.790. The standard InChI is InChI=1S/2C4H9.2C3H8N.Hf/c2*1-4(2)3;2*1-2-3-4;/h2*1-3H3;2*4H,2-3H2,1H3;/q4*-1;+4. The molecule has 0 saturated carbocycles. The normalized spacial score (nSPS) is 7.76. The summed E-state index contributed by atoms with van der Waals surface area (Å²) >= 11 is 0. The van der Waals surface area contributed by atoms with Gasteiger partial charge in [-0.05, 0) is 0 Å². The fourth-order valence-corrected chi connectivity index (χ4v) is 0. The minimum atomic E-state index is 0. The maximum atomic E-state index is 6.45. The van der Waals surface area contributed by atoms with Gasteiger partial charge in [0.25, 0.3) is 0 Å². The molecule has 0 aromatic rings. The smallest absolute Gasteiger partial charge is 0.677 e. The van der Waals surface area contributed by atoms with E-state index in [0.29, 0.717) is 13.1 Å². The molecular formula is C14H34HfN2. The van der Waals surface area contributed by atoms with Crippen LogP contribution in [0.15, 0.2) is 0 Å². The van der Waals surface area contributed by atoms with Gasteiger partial charge in [0, 0.05) is 0 Å². The SMILES string of the molecule is CCC[NH-].CCC[NH-].C[C-](C)C.C[C-](C)C.[Hf+4]. The van der Waals surface area contributed by atoms with Gasteiger partial charge in [-0.3, -0.25) is 0 Å². The molecule has 0 fully saturated rings. The Balaban J connectivity index is -0.0000000369. The second-order valence-corrected chi connectivity index (χ2v) is 4.50. The summed E-state index contributed by atoms with van der Waals surface area (Å²) < 4.78 is 0. The Kier molecular flexibility index (Phi) is 64.8. The van der Waals surface area contributed by atoms with Crippen LogP contribution in [0, 0.1) is 11.8 Å². The third-order valence-electron chi connectivity index (χ3n) is 0.500. The number of nitrogens with one attached hydrogen (secondary N) is 2. The minimum Gasteiger partial charge on any atom is -0.677 e. The molecule has 3 heteroatoms. The van der Waals surface area contributed by atoms with E-state index in [1.165, 1.54) is 11.8 Å². The van der Waals surface area contributed by atoms with E-state index in [0.717, 1.165) is 12.8 Å². The molecule has 0 aliphatic rings. The van der Waals surface area contributed by atoms with E-state index in [1.807, 2.05) is 13.8 Å². The molecule has 0 rings (SSSR count). The van der Waals surface area contributed by atoms with Gasteiger partial charge in [0.2, 0.25) is 0 Å². The van der Waals surface area contributed by atoms with Crippen molar-refractivity contribution in [1.29, 1.82) is 0 Å². The monoisotopic (exact) mass is 410 g/mol. The molecular weight excluding hydrogens is 375 g/mol. The maximum Gasteiger partial charge on any atom is 4.00 e. The van der Waals surface area contributed by atoms with Crippen LogP contribution in [0.5, 0.6) is 0 Å². The first-order valence-corrected chi connectivity index (χ1v) is 6.12. The van der Waals surface area contributed by atoms with Gasteiger partial charge >= 0.3 is 25.8 Å². The molecule has 0 aliphatic heterocycles. The van der Waals surface area contributed by atoms with Gasteiger partial charge in [-0.15, -0.1) is 0 Å². The zero-order valence-electron chi connectivity index (χ0n) is 13.3. The summed E-state index contributed by atoms with van der Waals surface area (Å²) in [7, 11) is 0. The van der Waals surface area contributed by atoms with E-state index in [-0.39, 0.29) is 25.8 Å². The van der Waals surface area contributed by atoms with Crippen LogP contribution in [-0.2, 0) is 25.8 Å². The molecule has 0 heterocycles. The van der Waals surface area contributed by atoms with Crippen LogP contribution in [0.25, 0.3) is 11.5 Å². The summed E-state index contributed by atoms with van der Waals surface area (Å²) in [6.07, 6.45) is 1.97. The molecule has 0 amide bonds. The first-order chi connectivity index (χ1) is 7.29. The molecule has 0 saturated heterocycles. The fraction of sp³-hybridized carbons (Fsp3) is 0.857. The van der Waals surface area contributed by atoms with E-state index in [2.05, 4.69) is 41.5 Å². The van der Waals surface area contributed by atoms with E-state index < -0.39 is 0 Å². The van der Waals surface area contributed by atoms with E-state index in [9.17, 15) is 0 Å². The molecule has 0 radical (unpaired) electrons. The van der Waals surface area contributed by atoms with Crippen molar-refractivity contribution in [3.63, 3.8) is 0 Å². The average Bonchev–Trinajstić information content (AvgIpc) is 2.16. The largest absolute Gasteiger partial charge is 4.00 e. The second kappa shape index (κ2) is 36.0. The molecule has 2 N–H and O–H groups in total. The average molecular weight is 409 g/mol. The van der Waals surface area contributed by atoms with Crippen LogP contribution in [0.3, 0.4) is 0 Å². The van der Waals surface area contributed by atoms with Crippen molar-refractivity contribution in [2.24, 2.45) is 0 Å². The van der Waals surface area contributed by atoms with Crippen molar-refractivity contribution < 1.29 is 25.8 Å². The summed E-state index contributed by atoms with van der Waals surface area (Å²) in [5.74, 6) is 2.83. The van der Waals surface area contributed by atoms with Crippen molar-refractivity contribution in [1.82, 2.24) is 0 Å². The van der Waals surface area contributed by atoms with E-state index >= 15 is 0 Å². The second-order valence-electron chi connectivity index (χ2n) is 4.50. The predicted octanol–water partition coefficient (Wildman–Crippen LogP) is 6.14. The van der Waals surface area contributed by atoms with Crippen molar-refractivity contribution in [2.45, 2.75) is 68.2 Å². The van der Waals surface area contributed by atoms with Crippen LogP contribution in [-0.4, -0.2) is 13.1 Å². The number of rotatable bonds is 2. The van der Waals surface area contributed by atoms with Gasteiger partial charge in [0.05, 0.1) is 0 Å². The Bertz CT molecular complexity index is 57.1. The first-order valence-electron chi connectivity index (χ1n) is 6.12. The number of hydrogen-bond donors (Lipinski definition) is 0. The Morgan fingerprint density at radius 1 is 0.647 bits per heavy atom. The minimum absolute atomic E-state index is 0. The third-order valence-corrected chi connectivity index (χ3v) is 0.500. The zero-order chi connectivity index (χ0) is 14.0. The summed E-state index contributed by atoms with van der Waals surface area (Å²) in [5, 5.41) is 0. The predicted molar refractivity (Wildman–Crippen MR) is 79.5 cm³/mol. The van der Waals surface area contributed by atoms with Crippen molar-refractivity contribution in [3.8, 4) is 0 Å². The van der Waals surface area contributed by atoms with Crippen LogP contribution in [0.4, 0.5) is 0 Å². The molecule has 0 atom stereocenters. The Labute approximate surface area is 130 Å².